The summed E-state index contributed by atoms with van der Waals surface area (Å²) < 4.78 is 18.3. The maximum Gasteiger partial charge on any atom is 0.270 e. The number of methoxy groups -OCH3 is 1. The van der Waals surface area contributed by atoms with Gasteiger partial charge in [0.25, 0.3) is 5.91 Å². The fraction of sp³-hybridized carbons (Fsp3) is 0.188. The van der Waals surface area contributed by atoms with Crippen molar-refractivity contribution in [2.24, 2.45) is 0 Å². The van der Waals surface area contributed by atoms with Gasteiger partial charge in [-0.05, 0) is 42.0 Å². The molecule has 0 aliphatic heterocycles. The van der Waals surface area contributed by atoms with E-state index in [1.807, 2.05) is 0 Å². The minimum atomic E-state index is -0.456. The highest BCUT2D eigenvalue weighted by atomic mass is 19.1. The number of ether oxygens (including phenoxy) is 1. The van der Waals surface area contributed by atoms with Crippen molar-refractivity contribution in [3.05, 3.63) is 53.1 Å². The number of amides is 1. The summed E-state index contributed by atoms with van der Waals surface area (Å²) >= 11 is 0. The van der Waals surface area contributed by atoms with Gasteiger partial charge in [0, 0.05) is 17.8 Å². The highest BCUT2D eigenvalue weighted by molar-refractivity contribution is 5.93. The van der Waals surface area contributed by atoms with E-state index >= 15 is 0 Å². The molecular weight excluding hydrogens is 327 g/mol. The second kappa shape index (κ2) is 7.04. The summed E-state index contributed by atoms with van der Waals surface area (Å²) in [5.74, 6) is -0.318. The molecule has 1 aromatic carbocycles. The summed E-state index contributed by atoms with van der Waals surface area (Å²) in [7, 11) is 1.39. The Balaban J connectivity index is 1.75. The maximum absolute atomic E-state index is 13.4. The van der Waals surface area contributed by atoms with E-state index in [9.17, 15) is 9.18 Å². The second-order valence-electron chi connectivity index (χ2n) is 5.27. The number of benzene rings is 1. The van der Waals surface area contributed by atoms with E-state index in [1.165, 1.54) is 19.2 Å². The molecule has 128 valence electrons. The van der Waals surface area contributed by atoms with Crippen LogP contribution in [0.2, 0.25) is 0 Å². The first-order valence-electron chi connectivity index (χ1n) is 7.40. The van der Waals surface area contributed by atoms with E-state index in [0.717, 1.165) is 0 Å². The Morgan fingerprint density at radius 2 is 2.16 bits per heavy atom. The van der Waals surface area contributed by atoms with Gasteiger partial charge in [0.05, 0.1) is 7.11 Å². The lowest BCUT2D eigenvalue weighted by molar-refractivity contribution is 0.0945. The summed E-state index contributed by atoms with van der Waals surface area (Å²) in [6.45, 7) is 1.98. The van der Waals surface area contributed by atoms with Gasteiger partial charge in [-0.2, -0.15) is 5.21 Å². The Hall–Kier alpha value is -3.36. The minimum absolute atomic E-state index is 0.125. The molecule has 0 saturated heterocycles. The number of aryl methyl sites for hydroxylation is 1. The van der Waals surface area contributed by atoms with Crippen LogP contribution in [0.15, 0.2) is 30.3 Å². The molecule has 3 aromatic rings. The van der Waals surface area contributed by atoms with Crippen LogP contribution in [0.25, 0.3) is 11.4 Å². The van der Waals surface area contributed by atoms with Crippen molar-refractivity contribution in [2.45, 2.75) is 13.5 Å². The van der Waals surface area contributed by atoms with Crippen LogP contribution < -0.4 is 10.1 Å². The summed E-state index contributed by atoms with van der Waals surface area (Å²) in [5.41, 5.74) is 2.22. The zero-order chi connectivity index (χ0) is 17.8. The molecule has 0 spiro atoms. The summed E-state index contributed by atoms with van der Waals surface area (Å²) in [6.07, 6.45) is 0. The highest BCUT2D eigenvalue weighted by Crippen LogP contribution is 2.18. The minimum Gasteiger partial charge on any atom is -0.494 e. The zero-order valence-corrected chi connectivity index (χ0v) is 13.6. The number of carbonyl (C=O) groups excluding carboxylic acids is 1. The SMILES string of the molecule is COc1cc(CNC(=O)c2cc(-c3nn[nH]n3)cc(C)n2)ccc1F. The normalized spacial score (nSPS) is 10.5. The van der Waals surface area contributed by atoms with Crippen molar-refractivity contribution in [3.8, 4) is 17.1 Å². The number of carbonyl (C=O) groups is 1. The molecule has 0 aliphatic carbocycles. The molecule has 0 aliphatic rings. The van der Waals surface area contributed by atoms with Crippen molar-refractivity contribution in [1.82, 2.24) is 30.9 Å². The van der Waals surface area contributed by atoms with Crippen LogP contribution >= 0.6 is 0 Å². The molecule has 0 unspecified atom stereocenters. The van der Waals surface area contributed by atoms with Gasteiger partial charge in [0.2, 0.25) is 5.82 Å². The van der Waals surface area contributed by atoms with Gasteiger partial charge in [0.1, 0.15) is 5.69 Å². The number of rotatable bonds is 5. The number of aromatic nitrogens is 5. The number of aromatic amines is 1. The van der Waals surface area contributed by atoms with Crippen LogP contribution in [0.4, 0.5) is 4.39 Å². The summed E-state index contributed by atoms with van der Waals surface area (Å²) in [6, 6.07) is 7.74. The topological polar surface area (TPSA) is 106 Å². The van der Waals surface area contributed by atoms with Gasteiger partial charge < -0.3 is 10.1 Å². The number of hydrogen-bond acceptors (Lipinski definition) is 6. The van der Waals surface area contributed by atoms with Crippen molar-refractivity contribution >= 4 is 5.91 Å². The standard InChI is InChI=1S/C16H15FN6O2/c1-9-5-11(15-20-22-23-21-15)7-13(19-9)16(24)18-8-10-3-4-12(17)14(6-10)25-2/h3-7H,8H2,1-2H3,(H,18,24)(H,20,21,22,23). The van der Waals surface area contributed by atoms with Gasteiger partial charge >= 0.3 is 0 Å². The van der Waals surface area contributed by atoms with Gasteiger partial charge in [-0.15, -0.1) is 10.2 Å². The first-order valence-corrected chi connectivity index (χ1v) is 7.40. The molecule has 1 amide bonds. The molecule has 2 N–H and O–H groups in total. The molecule has 3 rings (SSSR count). The van der Waals surface area contributed by atoms with Crippen LogP contribution in [-0.2, 0) is 6.54 Å². The third kappa shape index (κ3) is 3.77. The number of halogens is 1. The molecule has 0 saturated carbocycles. The molecule has 0 radical (unpaired) electrons. The van der Waals surface area contributed by atoms with E-state index in [-0.39, 0.29) is 23.9 Å². The first-order chi connectivity index (χ1) is 12.1. The van der Waals surface area contributed by atoms with Gasteiger partial charge in [0.15, 0.2) is 11.6 Å². The molecular formula is C16H15FN6O2. The maximum atomic E-state index is 13.4. The lowest BCUT2D eigenvalue weighted by atomic mass is 10.1. The Labute approximate surface area is 142 Å². The van der Waals surface area contributed by atoms with Crippen molar-refractivity contribution in [2.75, 3.05) is 7.11 Å². The van der Waals surface area contributed by atoms with Crippen molar-refractivity contribution in [1.29, 1.82) is 0 Å². The fourth-order valence-corrected chi connectivity index (χ4v) is 2.29. The smallest absolute Gasteiger partial charge is 0.270 e. The third-order valence-electron chi connectivity index (χ3n) is 3.46. The van der Waals surface area contributed by atoms with E-state index in [1.54, 1.807) is 25.1 Å². The molecule has 9 heteroatoms. The number of tetrazole rings is 1. The van der Waals surface area contributed by atoms with Crippen LogP contribution in [0, 0.1) is 12.7 Å². The lowest BCUT2D eigenvalue weighted by Gasteiger charge is -2.08. The van der Waals surface area contributed by atoms with Crippen molar-refractivity contribution < 1.29 is 13.9 Å². The zero-order valence-electron chi connectivity index (χ0n) is 13.6. The molecule has 2 aromatic heterocycles. The van der Waals surface area contributed by atoms with Crippen LogP contribution in [0.3, 0.4) is 0 Å². The monoisotopic (exact) mass is 342 g/mol. The Morgan fingerprint density at radius 3 is 2.88 bits per heavy atom. The Bertz CT molecular complexity index is 898. The van der Waals surface area contributed by atoms with Crippen LogP contribution in [0.5, 0.6) is 5.75 Å². The average molecular weight is 342 g/mol. The highest BCUT2D eigenvalue weighted by Gasteiger charge is 2.13. The van der Waals surface area contributed by atoms with Gasteiger partial charge in [-0.25, -0.2) is 9.37 Å². The summed E-state index contributed by atoms with van der Waals surface area (Å²) in [4.78, 5) is 16.6. The third-order valence-corrected chi connectivity index (χ3v) is 3.46. The van der Waals surface area contributed by atoms with Gasteiger partial charge in [-0.3, -0.25) is 4.79 Å². The quantitative estimate of drug-likeness (QED) is 0.730. The second-order valence-corrected chi connectivity index (χ2v) is 5.27. The van der Waals surface area contributed by atoms with Gasteiger partial charge in [-0.1, -0.05) is 6.07 Å². The van der Waals surface area contributed by atoms with E-state index in [4.69, 9.17) is 4.74 Å². The van der Waals surface area contributed by atoms with E-state index in [0.29, 0.717) is 22.6 Å². The fourth-order valence-electron chi connectivity index (χ4n) is 2.29. The lowest BCUT2D eigenvalue weighted by Crippen LogP contribution is -2.24. The first kappa shape index (κ1) is 16.5. The number of nitrogens with zero attached hydrogens (tertiary/aromatic N) is 4. The van der Waals surface area contributed by atoms with Crippen molar-refractivity contribution in [3.63, 3.8) is 0 Å². The Morgan fingerprint density at radius 1 is 1.32 bits per heavy atom. The number of pyridine rings is 1. The molecule has 0 bridgehead atoms. The van der Waals surface area contributed by atoms with E-state index < -0.39 is 5.82 Å². The largest absolute Gasteiger partial charge is 0.494 e. The average Bonchev–Trinajstić information content (AvgIpc) is 3.15. The molecule has 25 heavy (non-hydrogen) atoms. The predicted molar refractivity (Wildman–Crippen MR) is 86.3 cm³/mol. The molecule has 0 fully saturated rings. The van der Waals surface area contributed by atoms with Crippen LogP contribution in [0.1, 0.15) is 21.7 Å². The number of H-pyrrole nitrogens is 1. The summed E-state index contributed by atoms with van der Waals surface area (Å²) in [5, 5.41) is 16.4. The predicted octanol–water partition coefficient (Wildman–Crippen LogP) is 1.65. The molecule has 8 nitrogen and oxygen atoms in total. The molecule has 0 atom stereocenters. The Kier molecular flexibility index (Phi) is 4.64. The number of nitrogens with one attached hydrogen (secondary N) is 2. The van der Waals surface area contributed by atoms with Crippen LogP contribution in [-0.4, -0.2) is 38.6 Å². The van der Waals surface area contributed by atoms with E-state index in [2.05, 4.69) is 30.9 Å². The molecule has 2 heterocycles. The number of hydrogen-bond donors (Lipinski definition) is 2.